The molecule has 6 rings (SSSR count). The number of allylic oxidation sites excluding steroid dienone is 1. The Labute approximate surface area is 220 Å². The molecule has 4 N–H and O–H groups in total. The Bertz CT molecular complexity index is 1320. The number of nitrogens with one attached hydrogen (secondary N) is 3. The molecule has 3 aromatic rings. The number of anilines is 2. The molecule has 2 fully saturated rings. The number of H-pyrrole nitrogens is 1. The predicted molar refractivity (Wildman–Crippen MR) is 146 cm³/mol. The first-order chi connectivity index (χ1) is 18.0. The van der Waals surface area contributed by atoms with Crippen LogP contribution in [0.3, 0.4) is 0 Å². The fraction of sp³-hybridized carbons (Fsp3) is 0.444. The van der Waals surface area contributed by atoms with Gasteiger partial charge in [-0.25, -0.2) is 9.97 Å². The van der Waals surface area contributed by atoms with Gasteiger partial charge >= 0.3 is 0 Å². The van der Waals surface area contributed by atoms with E-state index in [1.807, 2.05) is 0 Å². The maximum atomic E-state index is 12.9. The number of likely N-dealkylation sites (N-methyl/N-ethyl adjacent to an activating group) is 1. The van der Waals surface area contributed by atoms with Crippen LogP contribution in [0.2, 0.25) is 5.02 Å². The van der Waals surface area contributed by atoms with E-state index in [0.717, 1.165) is 49.5 Å². The van der Waals surface area contributed by atoms with Crippen molar-refractivity contribution in [1.29, 1.82) is 0 Å². The molecule has 1 amide bonds. The zero-order chi connectivity index (χ0) is 25.5. The highest BCUT2D eigenvalue weighted by Gasteiger charge is 2.48. The molecule has 1 aromatic carbocycles. The Morgan fingerprint density at radius 3 is 2.68 bits per heavy atom. The van der Waals surface area contributed by atoms with Crippen molar-refractivity contribution in [2.45, 2.75) is 12.5 Å². The van der Waals surface area contributed by atoms with Gasteiger partial charge in [0.05, 0.1) is 29.4 Å². The van der Waals surface area contributed by atoms with Crippen molar-refractivity contribution in [3.8, 4) is 11.4 Å². The third-order valence-electron chi connectivity index (χ3n) is 7.97. The van der Waals surface area contributed by atoms with Crippen LogP contribution in [0.15, 0.2) is 42.6 Å². The number of aliphatic hydroxyl groups excluding tert-OH is 1. The van der Waals surface area contributed by atoms with Gasteiger partial charge in [0.2, 0.25) is 5.91 Å². The molecular weight excluding hydrogens is 490 g/mol. The van der Waals surface area contributed by atoms with Crippen LogP contribution in [0.5, 0.6) is 0 Å². The second kappa shape index (κ2) is 9.96. The number of benzene rings is 1. The zero-order valence-corrected chi connectivity index (χ0v) is 21.6. The van der Waals surface area contributed by atoms with Gasteiger partial charge in [-0.05, 0) is 49.6 Å². The van der Waals surface area contributed by atoms with Crippen molar-refractivity contribution in [2.24, 2.45) is 17.8 Å². The standard InChI is InChI=1S/C27H32ClN7O2/c1-34-9-11-35(12-10-34)19-6-4-16(5-7-19)25-32-24-23(20(28)15-30-26(24)33-25)31-22-18-3-2-17(14-18)21(22)27(37)29-8-13-36/h2-7,15,17-18,21-22,36H,8-14H2,1H3,(H,29,37)(H2,30,31,32,33). The van der Waals surface area contributed by atoms with Crippen molar-refractivity contribution in [3.05, 3.63) is 47.6 Å². The minimum atomic E-state index is -0.231. The van der Waals surface area contributed by atoms with Crippen LogP contribution >= 0.6 is 11.6 Å². The lowest BCUT2D eigenvalue weighted by Crippen LogP contribution is -2.44. The summed E-state index contributed by atoms with van der Waals surface area (Å²) in [5, 5.41) is 16.1. The Hall–Kier alpha value is -3.14. The summed E-state index contributed by atoms with van der Waals surface area (Å²) in [6, 6.07) is 8.35. The van der Waals surface area contributed by atoms with Gasteiger partial charge in [0.1, 0.15) is 11.3 Å². The van der Waals surface area contributed by atoms with Gasteiger partial charge in [-0.2, -0.15) is 0 Å². The first kappa shape index (κ1) is 24.2. The normalized spacial score (nSPS) is 25.2. The molecule has 3 aliphatic rings. The molecule has 1 aliphatic heterocycles. The van der Waals surface area contributed by atoms with Gasteiger partial charge in [-0.15, -0.1) is 0 Å². The van der Waals surface area contributed by atoms with E-state index in [4.69, 9.17) is 21.7 Å². The molecular formula is C27H32ClN7O2. The number of piperazine rings is 1. The molecule has 2 aliphatic carbocycles. The fourth-order valence-corrected chi connectivity index (χ4v) is 6.14. The van der Waals surface area contributed by atoms with E-state index >= 15 is 0 Å². The quantitative estimate of drug-likeness (QED) is 0.354. The SMILES string of the molecule is CN1CCN(c2ccc(-c3nc4ncc(Cl)c(NC5C6C=CC(C6)C5C(=O)NCCO)c4[nH]3)cc2)CC1. The zero-order valence-electron chi connectivity index (χ0n) is 20.8. The highest BCUT2D eigenvalue weighted by atomic mass is 35.5. The van der Waals surface area contributed by atoms with Crippen molar-refractivity contribution >= 4 is 40.0 Å². The number of aliphatic hydroxyl groups is 1. The number of hydrogen-bond donors (Lipinski definition) is 4. The molecule has 0 spiro atoms. The lowest BCUT2D eigenvalue weighted by atomic mass is 9.87. The summed E-state index contributed by atoms with van der Waals surface area (Å²) in [7, 11) is 2.16. The van der Waals surface area contributed by atoms with E-state index in [9.17, 15) is 4.79 Å². The molecule has 4 atom stereocenters. The number of carbonyl (C=O) groups is 1. The van der Waals surface area contributed by atoms with Crippen LogP contribution in [0.25, 0.3) is 22.6 Å². The summed E-state index contributed by atoms with van der Waals surface area (Å²) in [5.41, 5.74) is 4.20. The van der Waals surface area contributed by atoms with Gasteiger partial charge in [0.25, 0.3) is 0 Å². The Kier molecular flexibility index (Phi) is 6.52. The van der Waals surface area contributed by atoms with Gasteiger partial charge in [-0.3, -0.25) is 4.79 Å². The molecule has 1 saturated heterocycles. The van der Waals surface area contributed by atoms with Gasteiger partial charge in [0, 0.05) is 50.0 Å². The van der Waals surface area contributed by atoms with Crippen LogP contribution in [0.1, 0.15) is 6.42 Å². The maximum Gasteiger partial charge on any atom is 0.225 e. The second-order valence-electron chi connectivity index (χ2n) is 10.3. The van der Waals surface area contributed by atoms with Crippen LogP contribution in [0, 0.1) is 17.8 Å². The van der Waals surface area contributed by atoms with E-state index in [0.29, 0.717) is 16.4 Å². The van der Waals surface area contributed by atoms with E-state index in [-0.39, 0.29) is 42.9 Å². The molecule has 37 heavy (non-hydrogen) atoms. The first-order valence-corrected chi connectivity index (χ1v) is 13.3. The third kappa shape index (κ3) is 4.56. The molecule has 2 aromatic heterocycles. The highest BCUT2D eigenvalue weighted by molar-refractivity contribution is 6.34. The summed E-state index contributed by atoms with van der Waals surface area (Å²) in [4.78, 5) is 30.3. The summed E-state index contributed by atoms with van der Waals surface area (Å²) in [6.07, 6.45) is 6.85. The van der Waals surface area contributed by atoms with E-state index < -0.39 is 0 Å². The summed E-state index contributed by atoms with van der Waals surface area (Å²) in [5.74, 6) is 0.857. The number of imidazole rings is 1. The number of amides is 1. The van der Waals surface area contributed by atoms with Crippen molar-refractivity contribution in [2.75, 3.05) is 56.6 Å². The average Bonchev–Trinajstić information content (AvgIpc) is 3.65. The lowest BCUT2D eigenvalue weighted by molar-refractivity contribution is -0.126. The summed E-state index contributed by atoms with van der Waals surface area (Å²) >= 11 is 6.63. The van der Waals surface area contributed by atoms with Crippen molar-refractivity contribution in [3.63, 3.8) is 0 Å². The molecule has 9 nitrogen and oxygen atoms in total. The number of fused-ring (bicyclic) bond motifs is 3. The Morgan fingerprint density at radius 2 is 1.92 bits per heavy atom. The lowest BCUT2D eigenvalue weighted by Gasteiger charge is -2.34. The summed E-state index contributed by atoms with van der Waals surface area (Å²) in [6.45, 7) is 4.35. The first-order valence-electron chi connectivity index (χ1n) is 12.9. The third-order valence-corrected chi connectivity index (χ3v) is 8.25. The number of pyridine rings is 1. The van der Waals surface area contributed by atoms with Crippen molar-refractivity contribution < 1.29 is 9.90 Å². The number of hydrogen-bond acceptors (Lipinski definition) is 7. The maximum absolute atomic E-state index is 12.9. The number of aromatic amines is 1. The van der Waals surface area contributed by atoms with Crippen LogP contribution < -0.4 is 15.5 Å². The molecule has 2 bridgehead atoms. The molecule has 0 radical (unpaired) electrons. The van der Waals surface area contributed by atoms with Gasteiger partial charge < -0.3 is 30.5 Å². The second-order valence-corrected chi connectivity index (χ2v) is 10.7. The Morgan fingerprint density at radius 1 is 1.16 bits per heavy atom. The predicted octanol–water partition coefficient (Wildman–Crippen LogP) is 2.74. The molecule has 194 valence electrons. The number of nitrogens with zero attached hydrogens (tertiary/aromatic N) is 4. The number of carbonyl (C=O) groups excluding carboxylic acids is 1. The van der Waals surface area contributed by atoms with Gasteiger partial charge in [-0.1, -0.05) is 23.8 Å². The minimum absolute atomic E-state index is 0.0458. The molecule has 10 heteroatoms. The molecule has 3 heterocycles. The largest absolute Gasteiger partial charge is 0.395 e. The number of rotatable bonds is 7. The smallest absolute Gasteiger partial charge is 0.225 e. The minimum Gasteiger partial charge on any atom is -0.395 e. The van der Waals surface area contributed by atoms with E-state index in [1.54, 1.807) is 6.20 Å². The molecule has 1 saturated carbocycles. The average molecular weight is 522 g/mol. The summed E-state index contributed by atoms with van der Waals surface area (Å²) < 4.78 is 0. The highest BCUT2D eigenvalue weighted by Crippen LogP contribution is 2.46. The van der Waals surface area contributed by atoms with Crippen LogP contribution in [-0.2, 0) is 4.79 Å². The van der Waals surface area contributed by atoms with E-state index in [1.165, 1.54) is 5.69 Å². The molecule has 4 unspecified atom stereocenters. The van der Waals surface area contributed by atoms with Gasteiger partial charge in [0.15, 0.2) is 5.65 Å². The van der Waals surface area contributed by atoms with Crippen LogP contribution in [-0.4, -0.2) is 83.3 Å². The topological polar surface area (TPSA) is 109 Å². The number of halogens is 1. The Balaban J connectivity index is 1.26. The number of aromatic nitrogens is 3. The van der Waals surface area contributed by atoms with Crippen molar-refractivity contribution in [1.82, 2.24) is 25.2 Å². The van der Waals surface area contributed by atoms with Crippen LogP contribution in [0.4, 0.5) is 11.4 Å². The monoisotopic (exact) mass is 521 g/mol. The fourth-order valence-electron chi connectivity index (χ4n) is 5.95. The van der Waals surface area contributed by atoms with E-state index in [2.05, 4.69) is 73.9 Å².